The van der Waals surface area contributed by atoms with E-state index in [2.05, 4.69) is 6.92 Å². The van der Waals surface area contributed by atoms with E-state index in [-0.39, 0.29) is 19.0 Å². The van der Waals surface area contributed by atoms with E-state index in [0.717, 1.165) is 19.3 Å². The van der Waals surface area contributed by atoms with Gasteiger partial charge < -0.3 is 20.0 Å². The SMILES string of the molecule is CC1CCCN(C(=O)N2C[C@H](O)C[C@H]2C(=O)O)CC1. The van der Waals surface area contributed by atoms with Crippen LogP contribution in [0.15, 0.2) is 0 Å². The monoisotopic (exact) mass is 270 g/mol. The number of rotatable bonds is 1. The molecule has 0 aromatic heterocycles. The zero-order valence-electron chi connectivity index (χ0n) is 11.3. The number of carboxylic acids is 1. The van der Waals surface area contributed by atoms with Gasteiger partial charge in [0.15, 0.2) is 0 Å². The Bertz CT molecular complexity index is 361. The molecule has 108 valence electrons. The van der Waals surface area contributed by atoms with Gasteiger partial charge in [-0.05, 0) is 25.2 Å². The van der Waals surface area contributed by atoms with Crippen LogP contribution in [0.1, 0.15) is 32.6 Å². The predicted octanol–water partition coefficient (Wildman–Crippen LogP) is 0.748. The Morgan fingerprint density at radius 2 is 1.95 bits per heavy atom. The summed E-state index contributed by atoms with van der Waals surface area (Å²) in [6.07, 6.45) is 2.43. The van der Waals surface area contributed by atoms with E-state index < -0.39 is 18.1 Å². The minimum atomic E-state index is -1.03. The van der Waals surface area contributed by atoms with E-state index in [0.29, 0.717) is 19.0 Å². The first-order valence-corrected chi connectivity index (χ1v) is 6.95. The molecule has 3 atom stereocenters. The zero-order chi connectivity index (χ0) is 14.0. The number of nitrogens with zero attached hydrogens (tertiary/aromatic N) is 2. The Morgan fingerprint density at radius 3 is 2.63 bits per heavy atom. The van der Waals surface area contributed by atoms with Crippen molar-refractivity contribution in [3.63, 3.8) is 0 Å². The molecule has 6 nitrogen and oxygen atoms in total. The lowest BCUT2D eigenvalue weighted by atomic mass is 10.0. The van der Waals surface area contributed by atoms with Gasteiger partial charge in [0.2, 0.25) is 0 Å². The van der Waals surface area contributed by atoms with Gasteiger partial charge in [-0.2, -0.15) is 0 Å². The first kappa shape index (κ1) is 14.1. The van der Waals surface area contributed by atoms with Crippen molar-refractivity contribution in [3.05, 3.63) is 0 Å². The Morgan fingerprint density at radius 1 is 1.21 bits per heavy atom. The summed E-state index contributed by atoms with van der Waals surface area (Å²) >= 11 is 0. The maximum atomic E-state index is 12.4. The fourth-order valence-corrected chi connectivity index (χ4v) is 2.90. The zero-order valence-corrected chi connectivity index (χ0v) is 11.3. The maximum Gasteiger partial charge on any atom is 0.326 e. The van der Waals surface area contributed by atoms with Gasteiger partial charge >= 0.3 is 12.0 Å². The van der Waals surface area contributed by atoms with Crippen molar-refractivity contribution >= 4 is 12.0 Å². The van der Waals surface area contributed by atoms with Gasteiger partial charge in [-0.3, -0.25) is 0 Å². The second-order valence-corrected chi connectivity index (χ2v) is 5.70. The molecule has 2 amide bonds. The summed E-state index contributed by atoms with van der Waals surface area (Å²) in [6.45, 7) is 3.66. The fraction of sp³-hybridized carbons (Fsp3) is 0.846. The highest BCUT2D eigenvalue weighted by Gasteiger charge is 2.40. The number of likely N-dealkylation sites (tertiary alicyclic amines) is 2. The van der Waals surface area contributed by atoms with Crippen molar-refractivity contribution in [2.24, 2.45) is 5.92 Å². The highest BCUT2D eigenvalue weighted by atomic mass is 16.4. The van der Waals surface area contributed by atoms with E-state index in [1.807, 2.05) is 0 Å². The molecule has 0 bridgehead atoms. The molecule has 2 heterocycles. The summed E-state index contributed by atoms with van der Waals surface area (Å²) in [4.78, 5) is 26.6. The number of aliphatic hydroxyl groups is 1. The molecule has 1 unspecified atom stereocenters. The number of hydrogen-bond donors (Lipinski definition) is 2. The van der Waals surface area contributed by atoms with Crippen molar-refractivity contribution in [1.82, 2.24) is 9.80 Å². The lowest BCUT2D eigenvalue weighted by Gasteiger charge is -2.29. The van der Waals surface area contributed by atoms with Gasteiger partial charge in [0.05, 0.1) is 6.10 Å². The second-order valence-electron chi connectivity index (χ2n) is 5.70. The largest absolute Gasteiger partial charge is 0.480 e. The van der Waals surface area contributed by atoms with Crippen LogP contribution in [0.25, 0.3) is 0 Å². The number of carbonyl (C=O) groups excluding carboxylic acids is 1. The molecule has 19 heavy (non-hydrogen) atoms. The fourth-order valence-electron chi connectivity index (χ4n) is 2.90. The summed E-state index contributed by atoms with van der Waals surface area (Å²) in [6, 6.07) is -1.12. The number of urea groups is 1. The number of β-amino-alcohol motifs (C(OH)–C–C–N with tert-alkyl or cyclic N) is 1. The highest BCUT2D eigenvalue weighted by molar-refractivity contribution is 5.83. The highest BCUT2D eigenvalue weighted by Crippen LogP contribution is 2.23. The van der Waals surface area contributed by atoms with Crippen molar-refractivity contribution in [2.45, 2.75) is 44.8 Å². The molecule has 2 saturated heterocycles. The summed E-state index contributed by atoms with van der Waals surface area (Å²) in [7, 11) is 0. The number of hydrogen-bond acceptors (Lipinski definition) is 3. The quantitative estimate of drug-likeness (QED) is 0.736. The van der Waals surface area contributed by atoms with Crippen molar-refractivity contribution in [1.29, 1.82) is 0 Å². The first-order valence-electron chi connectivity index (χ1n) is 6.95. The normalized spacial score (nSPS) is 32.2. The average Bonchev–Trinajstić information content (AvgIpc) is 2.61. The number of aliphatic hydroxyl groups excluding tert-OH is 1. The summed E-state index contributed by atoms with van der Waals surface area (Å²) < 4.78 is 0. The summed E-state index contributed by atoms with van der Waals surface area (Å²) in [5.74, 6) is -0.426. The van der Waals surface area contributed by atoms with Gasteiger partial charge in [0.1, 0.15) is 6.04 Å². The Balaban J connectivity index is 2.03. The van der Waals surface area contributed by atoms with Crippen LogP contribution in [-0.2, 0) is 4.79 Å². The molecule has 0 aromatic carbocycles. The smallest absolute Gasteiger partial charge is 0.326 e. The third kappa shape index (κ3) is 3.18. The molecular formula is C13H22N2O4. The Kier molecular flexibility index (Phi) is 4.29. The van der Waals surface area contributed by atoms with Crippen LogP contribution < -0.4 is 0 Å². The number of carbonyl (C=O) groups is 2. The van der Waals surface area contributed by atoms with Gasteiger partial charge in [-0.1, -0.05) is 6.92 Å². The van der Waals surface area contributed by atoms with E-state index in [1.54, 1.807) is 4.90 Å². The van der Waals surface area contributed by atoms with E-state index >= 15 is 0 Å². The molecular weight excluding hydrogens is 248 g/mol. The molecule has 0 aliphatic carbocycles. The lowest BCUT2D eigenvalue weighted by Crippen LogP contribution is -2.48. The Labute approximate surface area is 113 Å². The van der Waals surface area contributed by atoms with Gasteiger partial charge in [-0.25, -0.2) is 9.59 Å². The molecule has 0 radical (unpaired) electrons. The maximum absolute atomic E-state index is 12.4. The molecule has 2 N–H and O–H groups in total. The topological polar surface area (TPSA) is 81.1 Å². The lowest BCUT2D eigenvalue weighted by molar-refractivity contribution is -0.141. The van der Waals surface area contributed by atoms with Crippen LogP contribution in [0.2, 0.25) is 0 Å². The molecule has 2 rings (SSSR count). The van der Waals surface area contributed by atoms with Crippen LogP contribution in [0.4, 0.5) is 4.79 Å². The second kappa shape index (κ2) is 5.77. The molecule has 0 spiro atoms. The third-order valence-electron chi connectivity index (χ3n) is 4.10. The first-order chi connectivity index (χ1) is 8.99. The van der Waals surface area contributed by atoms with Gasteiger partial charge in [0.25, 0.3) is 0 Å². The van der Waals surface area contributed by atoms with E-state index in [1.165, 1.54) is 4.90 Å². The standard InChI is InChI=1S/C13H22N2O4/c1-9-3-2-5-14(6-4-9)13(19)15-8-10(16)7-11(15)12(17)18/h9-11,16H,2-8H2,1H3,(H,17,18)/t9?,10-,11+/m1/s1. The van der Waals surface area contributed by atoms with Crippen LogP contribution in [0.5, 0.6) is 0 Å². The average molecular weight is 270 g/mol. The van der Waals surface area contributed by atoms with Crippen LogP contribution in [-0.4, -0.2) is 63.8 Å². The minimum Gasteiger partial charge on any atom is -0.480 e. The summed E-state index contributed by atoms with van der Waals surface area (Å²) in [5, 5.41) is 18.7. The molecule has 2 aliphatic rings. The molecule has 0 saturated carbocycles. The molecule has 2 fully saturated rings. The third-order valence-corrected chi connectivity index (χ3v) is 4.10. The van der Waals surface area contributed by atoms with E-state index in [4.69, 9.17) is 5.11 Å². The molecule has 0 aromatic rings. The number of carboxylic acid groups (broad SMARTS) is 1. The molecule has 2 aliphatic heterocycles. The van der Waals surface area contributed by atoms with Crippen LogP contribution >= 0.6 is 0 Å². The number of amides is 2. The van der Waals surface area contributed by atoms with Crippen molar-refractivity contribution in [3.8, 4) is 0 Å². The Hall–Kier alpha value is -1.30. The van der Waals surface area contributed by atoms with E-state index in [9.17, 15) is 14.7 Å². The summed E-state index contributed by atoms with van der Waals surface area (Å²) in [5.41, 5.74) is 0. The van der Waals surface area contributed by atoms with Gasteiger partial charge in [-0.15, -0.1) is 0 Å². The van der Waals surface area contributed by atoms with Crippen LogP contribution in [0, 0.1) is 5.92 Å². The van der Waals surface area contributed by atoms with Crippen molar-refractivity contribution in [2.75, 3.05) is 19.6 Å². The number of aliphatic carboxylic acids is 1. The molecule has 6 heteroatoms. The minimum absolute atomic E-state index is 0.127. The van der Waals surface area contributed by atoms with Gasteiger partial charge in [0, 0.05) is 26.1 Å². The predicted molar refractivity (Wildman–Crippen MR) is 68.7 cm³/mol. The van der Waals surface area contributed by atoms with Crippen LogP contribution in [0.3, 0.4) is 0 Å². The van der Waals surface area contributed by atoms with Crippen molar-refractivity contribution < 1.29 is 19.8 Å².